The van der Waals surface area contributed by atoms with Crippen LogP contribution in [0.5, 0.6) is 0 Å². The molecule has 148 valence electrons. The van der Waals surface area contributed by atoms with Gasteiger partial charge < -0.3 is 10.3 Å². The first-order chi connectivity index (χ1) is 13.2. The summed E-state index contributed by atoms with van der Waals surface area (Å²) in [5, 5.41) is 4.00. The number of carbonyl (C=O) groups is 1. The number of aromatic amines is 1. The third-order valence-corrected chi connectivity index (χ3v) is 5.96. The molecule has 3 aromatic rings. The Bertz CT molecular complexity index is 1100. The van der Waals surface area contributed by atoms with E-state index in [9.17, 15) is 13.2 Å². The Balaban J connectivity index is 1.66. The van der Waals surface area contributed by atoms with Crippen molar-refractivity contribution in [2.45, 2.75) is 37.6 Å². The maximum absolute atomic E-state index is 12.5. The van der Waals surface area contributed by atoms with Crippen LogP contribution in [0.4, 0.5) is 0 Å². The van der Waals surface area contributed by atoms with Gasteiger partial charge in [-0.1, -0.05) is 24.3 Å². The van der Waals surface area contributed by atoms with Crippen LogP contribution in [0.15, 0.2) is 59.6 Å². The third-order valence-electron chi connectivity index (χ3n) is 4.20. The van der Waals surface area contributed by atoms with Crippen molar-refractivity contribution in [1.82, 2.24) is 15.0 Å². The Morgan fingerprint density at radius 2 is 1.82 bits per heavy atom. The maximum atomic E-state index is 12.5. The zero-order valence-electron chi connectivity index (χ0n) is 16.2. The molecule has 1 amide bonds. The molecule has 7 heteroatoms. The Morgan fingerprint density at radius 1 is 1.07 bits per heavy atom. The van der Waals surface area contributed by atoms with Crippen LogP contribution in [0.3, 0.4) is 0 Å². The summed E-state index contributed by atoms with van der Waals surface area (Å²) >= 11 is 0. The molecular weight excluding hydrogens is 374 g/mol. The van der Waals surface area contributed by atoms with Crippen molar-refractivity contribution >= 4 is 26.8 Å². The Kier molecular flexibility index (Phi) is 5.58. The van der Waals surface area contributed by atoms with Gasteiger partial charge in [0.2, 0.25) is 10.0 Å². The molecule has 0 atom stereocenters. The molecule has 2 aromatic carbocycles. The van der Waals surface area contributed by atoms with Gasteiger partial charge in [-0.15, -0.1) is 0 Å². The summed E-state index contributed by atoms with van der Waals surface area (Å²) in [4.78, 5) is 15.8. The van der Waals surface area contributed by atoms with Gasteiger partial charge >= 0.3 is 0 Å². The molecule has 0 aliphatic carbocycles. The van der Waals surface area contributed by atoms with Gasteiger partial charge in [0.05, 0.1) is 4.90 Å². The fraction of sp³-hybridized carbons (Fsp3) is 0.286. The lowest BCUT2D eigenvalue weighted by atomic mass is 10.1. The van der Waals surface area contributed by atoms with Gasteiger partial charge in [0.15, 0.2) is 0 Å². The van der Waals surface area contributed by atoms with Gasteiger partial charge in [-0.05, 0) is 57.0 Å². The summed E-state index contributed by atoms with van der Waals surface area (Å²) < 4.78 is 27.5. The molecule has 0 aliphatic heterocycles. The van der Waals surface area contributed by atoms with Gasteiger partial charge in [-0.25, -0.2) is 13.1 Å². The first kappa shape index (κ1) is 20.1. The van der Waals surface area contributed by atoms with Gasteiger partial charge in [0.25, 0.3) is 5.91 Å². The van der Waals surface area contributed by atoms with Crippen LogP contribution < -0.4 is 10.0 Å². The van der Waals surface area contributed by atoms with E-state index >= 15 is 0 Å². The number of amides is 1. The van der Waals surface area contributed by atoms with E-state index < -0.39 is 15.6 Å². The highest BCUT2D eigenvalue weighted by Crippen LogP contribution is 2.18. The predicted molar refractivity (Wildman–Crippen MR) is 111 cm³/mol. The summed E-state index contributed by atoms with van der Waals surface area (Å²) in [6.07, 6.45) is 2.63. The van der Waals surface area contributed by atoms with Crippen LogP contribution in [0.25, 0.3) is 10.9 Å². The summed E-state index contributed by atoms with van der Waals surface area (Å²) in [5.74, 6) is -0.298. The average molecular weight is 400 g/mol. The number of benzene rings is 2. The molecule has 28 heavy (non-hydrogen) atoms. The summed E-state index contributed by atoms with van der Waals surface area (Å²) in [7, 11) is -3.69. The second-order valence-electron chi connectivity index (χ2n) is 7.75. The summed E-state index contributed by atoms with van der Waals surface area (Å²) in [6, 6.07) is 14.1. The van der Waals surface area contributed by atoms with Crippen molar-refractivity contribution in [3.05, 3.63) is 65.9 Å². The molecule has 0 radical (unpaired) electrons. The molecule has 0 saturated heterocycles. The number of nitrogens with one attached hydrogen (secondary N) is 3. The number of hydrogen-bond donors (Lipinski definition) is 3. The molecule has 1 heterocycles. The molecule has 0 bridgehead atoms. The van der Waals surface area contributed by atoms with Crippen LogP contribution in [-0.4, -0.2) is 31.4 Å². The summed E-state index contributed by atoms with van der Waals surface area (Å²) in [5.41, 5.74) is 1.90. The SMILES string of the molecule is CC(C)(C)NS(=O)(=O)c1cccc(C(=O)NCCc2c[nH]c3ccccc23)c1. The molecule has 0 saturated carbocycles. The number of rotatable bonds is 6. The van der Waals surface area contributed by atoms with E-state index in [1.54, 1.807) is 32.9 Å². The van der Waals surface area contributed by atoms with Gasteiger partial charge in [-0.2, -0.15) is 0 Å². The first-order valence-corrected chi connectivity index (χ1v) is 10.6. The number of hydrogen-bond acceptors (Lipinski definition) is 3. The number of para-hydroxylation sites is 1. The van der Waals surface area contributed by atoms with E-state index in [-0.39, 0.29) is 10.8 Å². The fourth-order valence-corrected chi connectivity index (χ4v) is 4.48. The third kappa shape index (κ3) is 4.79. The van der Waals surface area contributed by atoms with Crippen LogP contribution in [0.1, 0.15) is 36.7 Å². The first-order valence-electron chi connectivity index (χ1n) is 9.13. The van der Waals surface area contributed by atoms with E-state index in [0.29, 0.717) is 18.5 Å². The molecule has 1 aromatic heterocycles. The standard InChI is InChI=1S/C21H25N3O3S/c1-21(2,3)24-28(26,27)17-8-6-7-15(13-17)20(25)22-12-11-16-14-23-19-10-5-4-9-18(16)19/h4-10,13-14,23-24H,11-12H2,1-3H3,(H,22,25). The minimum atomic E-state index is -3.69. The molecule has 6 nitrogen and oxygen atoms in total. The fourth-order valence-electron chi connectivity index (χ4n) is 3.02. The lowest BCUT2D eigenvalue weighted by Gasteiger charge is -2.20. The molecule has 0 fully saturated rings. The Morgan fingerprint density at radius 3 is 2.57 bits per heavy atom. The van der Waals surface area contributed by atoms with Crippen molar-refractivity contribution in [3.63, 3.8) is 0 Å². The number of sulfonamides is 1. The largest absolute Gasteiger partial charge is 0.361 e. The lowest BCUT2D eigenvalue weighted by molar-refractivity contribution is 0.0954. The smallest absolute Gasteiger partial charge is 0.251 e. The van der Waals surface area contributed by atoms with E-state index in [1.165, 1.54) is 12.1 Å². The highest BCUT2D eigenvalue weighted by Gasteiger charge is 2.22. The van der Waals surface area contributed by atoms with E-state index in [2.05, 4.69) is 15.0 Å². The zero-order chi connectivity index (χ0) is 20.4. The van der Waals surface area contributed by atoms with E-state index in [4.69, 9.17) is 0 Å². The van der Waals surface area contributed by atoms with Crippen molar-refractivity contribution in [1.29, 1.82) is 0 Å². The quantitative estimate of drug-likeness (QED) is 0.594. The van der Waals surface area contributed by atoms with Crippen molar-refractivity contribution in [3.8, 4) is 0 Å². The minimum Gasteiger partial charge on any atom is -0.361 e. The molecular formula is C21H25N3O3S. The van der Waals surface area contributed by atoms with Crippen LogP contribution in [0.2, 0.25) is 0 Å². The average Bonchev–Trinajstić information content (AvgIpc) is 3.03. The van der Waals surface area contributed by atoms with Crippen LogP contribution in [-0.2, 0) is 16.4 Å². The predicted octanol–water partition coefficient (Wildman–Crippen LogP) is 3.22. The minimum absolute atomic E-state index is 0.0757. The van der Waals surface area contributed by atoms with Crippen molar-refractivity contribution < 1.29 is 13.2 Å². The maximum Gasteiger partial charge on any atom is 0.251 e. The Labute approximate surface area is 165 Å². The number of carbonyl (C=O) groups excluding carboxylic acids is 1. The van der Waals surface area contributed by atoms with Crippen molar-refractivity contribution in [2.75, 3.05) is 6.54 Å². The van der Waals surface area contributed by atoms with Crippen molar-refractivity contribution in [2.24, 2.45) is 0 Å². The molecule has 0 unspecified atom stereocenters. The van der Waals surface area contributed by atoms with E-state index in [0.717, 1.165) is 16.5 Å². The van der Waals surface area contributed by atoms with Gasteiger partial charge in [0.1, 0.15) is 0 Å². The zero-order valence-corrected chi connectivity index (χ0v) is 17.1. The highest BCUT2D eigenvalue weighted by atomic mass is 32.2. The highest BCUT2D eigenvalue weighted by molar-refractivity contribution is 7.89. The normalized spacial score (nSPS) is 12.2. The van der Waals surface area contributed by atoms with Gasteiger partial charge in [0, 0.05) is 34.7 Å². The Hall–Kier alpha value is -2.64. The monoisotopic (exact) mass is 399 g/mol. The van der Waals surface area contributed by atoms with Crippen LogP contribution in [0, 0.1) is 0 Å². The number of fused-ring (bicyclic) bond motifs is 1. The lowest BCUT2D eigenvalue weighted by Crippen LogP contribution is -2.40. The van der Waals surface area contributed by atoms with Crippen LogP contribution >= 0.6 is 0 Å². The van der Waals surface area contributed by atoms with Gasteiger partial charge in [-0.3, -0.25) is 4.79 Å². The summed E-state index contributed by atoms with van der Waals surface area (Å²) in [6.45, 7) is 5.77. The number of aromatic nitrogens is 1. The second-order valence-corrected chi connectivity index (χ2v) is 9.43. The molecule has 3 rings (SSSR count). The van der Waals surface area contributed by atoms with E-state index in [1.807, 2.05) is 30.5 Å². The molecule has 0 spiro atoms. The number of H-pyrrole nitrogens is 1. The molecule has 0 aliphatic rings. The topological polar surface area (TPSA) is 91.1 Å². The second kappa shape index (κ2) is 7.77. The molecule has 3 N–H and O–H groups in total.